The van der Waals surface area contributed by atoms with Crippen LogP contribution in [0, 0.1) is 11.8 Å². The number of Topliss-reactive ketones (excluding diaryl/α,β-unsaturated/α-hetero) is 1. The summed E-state index contributed by atoms with van der Waals surface area (Å²) in [6.45, 7) is 8.79. The molecule has 0 aromatic rings. The molecule has 0 aromatic carbocycles. The van der Waals surface area contributed by atoms with E-state index < -0.39 is 0 Å². The van der Waals surface area contributed by atoms with Gasteiger partial charge >= 0.3 is 0 Å². The van der Waals surface area contributed by atoms with Crippen molar-refractivity contribution < 1.29 is 9.53 Å². The second-order valence-corrected chi connectivity index (χ2v) is 7.79. The average molecular weight is 256 g/mol. The molecule has 0 N–H and O–H groups in total. The van der Waals surface area contributed by atoms with Gasteiger partial charge in [0.2, 0.25) is 0 Å². The molecule has 2 rings (SSSR count). The molecule has 1 saturated heterocycles. The first kappa shape index (κ1) is 13.4. The van der Waals surface area contributed by atoms with E-state index in [4.69, 9.17) is 4.74 Å². The third kappa shape index (κ3) is 2.70. The van der Waals surface area contributed by atoms with Gasteiger partial charge in [0.25, 0.3) is 0 Å². The molecule has 2 aliphatic rings. The van der Waals surface area contributed by atoms with E-state index in [2.05, 4.69) is 20.8 Å². The van der Waals surface area contributed by atoms with Crippen molar-refractivity contribution in [1.29, 1.82) is 0 Å². The minimum atomic E-state index is -0.221. The van der Waals surface area contributed by atoms with E-state index in [1.165, 1.54) is 12.8 Å². The van der Waals surface area contributed by atoms with Crippen LogP contribution >= 0.6 is 11.8 Å². The van der Waals surface area contributed by atoms with Gasteiger partial charge < -0.3 is 4.74 Å². The highest BCUT2D eigenvalue weighted by Gasteiger charge is 2.47. The number of hydrogen-bond donors (Lipinski definition) is 0. The fourth-order valence-corrected chi connectivity index (χ4v) is 4.62. The van der Waals surface area contributed by atoms with E-state index in [1.807, 2.05) is 6.92 Å². The highest BCUT2D eigenvalue weighted by atomic mass is 32.2. The average Bonchev–Trinajstić information content (AvgIpc) is 2.26. The maximum Gasteiger partial charge on any atom is 0.171 e. The molecule has 17 heavy (non-hydrogen) atoms. The van der Waals surface area contributed by atoms with Crippen molar-refractivity contribution in [3.63, 3.8) is 0 Å². The molecule has 4 atom stereocenters. The van der Waals surface area contributed by atoms with Crippen molar-refractivity contribution in [1.82, 2.24) is 0 Å². The van der Waals surface area contributed by atoms with Crippen molar-refractivity contribution in [3.8, 4) is 0 Å². The lowest BCUT2D eigenvalue weighted by Gasteiger charge is -2.49. The molecule has 0 unspecified atom stereocenters. The first-order chi connectivity index (χ1) is 7.94. The van der Waals surface area contributed by atoms with Crippen molar-refractivity contribution >= 4 is 17.5 Å². The Kier molecular flexibility index (Phi) is 3.89. The lowest BCUT2D eigenvalue weighted by atomic mass is 9.75. The van der Waals surface area contributed by atoms with Crippen LogP contribution in [0.15, 0.2) is 0 Å². The fraction of sp³-hybridized carbons (Fsp3) is 0.929. The Balaban J connectivity index is 2.13. The normalized spacial score (nSPS) is 40.7. The number of thioether (sulfide) groups is 1. The minimum absolute atomic E-state index is 0.179. The molecule has 0 bridgehead atoms. The van der Waals surface area contributed by atoms with Gasteiger partial charge in [-0.3, -0.25) is 4.79 Å². The number of ketones is 1. The largest absolute Gasteiger partial charge is 0.356 e. The van der Waals surface area contributed by atoms with Gasteiger partial charge in [0.05, 0.1) is 6.10 Å². The Morgan fingerprint density at radius 1 is 1.41 bits per heavy atom. The summed E-state index contributed by atoms with van der Waals surface area (Å²) in [7, 11) is 0. The Labute approximate surface area is 109 Å². The van der Waals surface area contributed by atoms with Gasteiger partial charge in [-0.05, 0) is 24.7 Å². The number of hydrogen-bond acceptors (Lipinski definition) is 3. The van der Waals surface area contributed by atoms with Crippen LogP contribution in [-0.2, 0) is 9.53 Å². The van der Waals surface area contributed by atoms with Crippen LogP contribution in [0.1, 0.15) is 53.4 Å². The lowest BCUT2D eigenvalue weighted by molar-refractivity contribution is -0.133. The molecule has 1 aliphatic carbocycles. The van der Waals surface area contributed by atoms with Crippen molar-refractivity contribution in [2.45, 2.75) is 69.7 Å². The molecule has 0 amide bonds. The molecule has 1 aliphatic heterocycles. The van der Waals surface area contributed by atoms with Crippen LogP contribution in [0.3, 0.4) is 0 Å². The van der Waals surface area contributed by atoms with Gasteiger partial charge in [-0.25, -0.2) is 0 Å². The Morgan fingerprint density at radius 2 is 2.12 bits per heavy atom. The molecule has 0 aromatic heterocycles. The number of carbonyl (C=O) groups excluding carboxylic acids is 1. The number of carbonyl (C=O) groups is 1. The zero-order valence-corrected chi connectivity index (χ0v) is 12.2. The van der Waals surface area contributed by atoms with E-state index in [9.17, 15) is 4.79 Å². The zero-order chi connectivity index (χ0) is 12.6. The third-order valence-corrected chi connectivity index (χ3v) is 5.77. The summed E-state index contributed by atoms with van der Waals surface area (Å²) in [5, 5.41) is 0. The Morgan fingerprint density at radius 3 is 2.76 bits per heavy atom. The summed E-state index contributed by atoms with van der Waals surface area (Å²) in [5.74, 6) is 1.61. The Bertz CT molecular complexity index is 301. The maximum absolute atomic E-state index is 11.9. The predicted octanol–water partition coefficient (Wildman–Crippen LogP) is 3.64. The van der Waals surface area contributed by atoms with Gasteiger partial charge in [-0.1, -0.05) is 34.1 Å². The monoisotopic (exact) mass is 256 g/mol. The van der Waals surface area contributed by atoms with Crippen molar-refractivity contribution in [2.75, 3.05) is 0 Å². The molecule has 2 nitrogen and oxygen atoms in total. The van der Waals surface area contributed by atoms with Crippen molar-refractivity contribution in [2.24, 2.45) is 11.8 Å². The minimum Gasteiger partial charge on any atom is -0.356 e. The van der Waals surface area contributed by atoms with Crippen LogP contribution in [0.2, 0.25) is 0 Å². The first-order valence-corrected chi connectivity index (χ1v) is 7.68. The second kappa shape index (κ2) is 4.93. The molecule has 0 radical (unpaired) electrons. The summed E-state index contributed by atoms with van der Waals surface area (Å²) >= 11 is 1.74. The molecule has 3 heteroatoms. The summed E-state index contributed by atoms with van der Waals surface area (Å²) in [4.78, 5) is 11.9. The smallest absolute Gasteiger partial charge is 0.171 e. The summed E-state index contributed by atoms with van der Waals surface area (Å²) in [6, 6.07) is 0. The van der Waals surface area contributed by atoms with Crippen LogP contribution in [-0.4, -0.2) is 22.1 Å². The molecular weight excluding hydrogens is 232 g/mol. The quantitative estimate of drug-likeness (QED) is 0.754. The predicted molar refractivity (Wildman–Crippen MR) is 72.1 cm³/mol. The van der Waals surface area contributed by atoms with Crippen molar-refractivity contribution in [3.05, 3.63) is 0 Å². The molecule has 0 spiro atoms. The number of ether oxygens (including phenoxy) is 1. The van der Waals surface area contributed by atoms with Crippen LogP contribution < -0.4 is 0 Å². The molecule has 98 valence electrons. The van der Waals surface area contributed by atoms with Gasteiger partial charge in [0, 0.05) is 11.2 Å². The summed E-state index contributed by atoms with van der Waals surface area (Å²) < 4.78 is 6.24. The number of fused-ring (bicyclic) bond motifs is 1. The first-order valence-electron chi connectivity index (χ1n) is 6.80. The topological polar surface area (TPSA) is 26.3 Å². The Hall–Kier alpha value is -0.0200. The lowest BCUT2D eigenvalue weighted by Crippen LogP contribution is -2.50. The van der Waals surface area contributed by atoms with Gasteiger partial charge in [-0.2, -0.15) is 0 Å². The number of rotatable bonds is 2. The van der Waals surface area contributed by atoms with E-state index in [-0.39, 0.29) is 16.0 Å². The SMILES string of the molecule is CCC(=O)[C@@H]1O[C@@H]2C[C@H](C)CC[C@@H]2C(C)(C)S1. The van der Waals surface area contributed by atoms with E-state index >= 15 is 0 Å². The summed E-state index contributed by atoms with van der Waals surface area (Å²) in [5.41, 5.74) is -0.221. The highest BCUT2D eigenvalue weighted by Crippen LogP contribution is 2.50. The van der Waals surface area contributed by atoms with E-state index in [0.717, 1.165) is 12.3 Å². The molecule has 2 fully saturated rings. The zero-order valence-electron chi connectivity index (χ0n) is 11.4. The second-order valence-electron chi connectivity index (χ2n) is 6.07. The maximum atomic E-state index is 11.9. The van der Waals surface area contributed by atoms with Crippen LogP contribution in [0.5, 0.6) is 0 Å². The van der Waals surface area contributed by atoms with Crippen LogP contribution in [0.25, 0.3) is 0 Å². The standard InChI is InChI=1S/C14H24O2S/c1-5-11(15)13-16-12-8-9(2)6-7-10(12)14(3,4)17-13/h9-10,12-13H,5-8H2,1-4H3/t9-,10+,12-,13-/m1/s1. The third-order valence-electron chi connectivity index (χ3n) is 4.27. The van der Waals surface area contributed by atoms with Gasteiger partial charge in [0.1, 0.15) is 0 Å². The van der Waals surface area contributed by atoms with Gasteiger partial charge in [-0.15, -0.1) is 11.8 Å². The van der Waals surface area contributed by atoms with E-state index in [1.54, 1.807) is 11.8 Å². The summed E-state index contributed by atoms with van der Waals surface area (Å²) in [6.07, 6.45) is 4.57. The molecular formula is C14H24O2S. The molecule has 1 saturated carbocycles. The molecule has 1 heterocycles. The van der Waals surface area contributed by atoms with Gasteiger partial charge in [0.15, 0.2) is 11.2 Å². The fourth-order valence-electron chi connectivity index (χ4n) is 3.13. The van der Waals surface area contributed by atoms with E-state index in [0.29, 0.717) is 18.4 Å². The highest BCUT2D eigenvalue weighted by molar-refractivity contribution is 8.01. The van der Waals surface area contributed by atoms with Crippen LogP contribution in [0.4, 0.5) is 0 Å².